The van der Waals surface area contributed by atoms with Crippen molar-refractivity contribution in [2.45, 2.75) is 13.8 Å². The molecule has 0 spiro atoms. The van der Waals surface area contributed by atoms with Crippen LogP contribution < -0.4 is 14.8 Å². The highest BCUT2D eigenvalue weighted by Crippen LogP contribution is 2.33. The second-order valence-electron chi connectivity index (χ2n) is 6.38. The van der Waals surface area contributed by atoms with Crippen LogP contribution in [-0.2, 0) is 0 Å². The number of para-hydroxylation sites is 1. The molecule has 6 heteroatoms. The van der Waals surface area contributed by atoms with E-state index in [1.807, 2.05) is 6.92 Å². The Morgan fingerprint density at radius 2 is 1.78 bits per heavy atom. The molecule has 0 saturated carbocycles. The predicted octanol–water partition coefficient (Wildman–Crippen LogP) is 4.26. The summed E-state index contributed by atoms with van der Waals surface area (Å²) in [6, 6.07) is 13.5. The monoisotopic (exact) mass is 366 g/mol. The summed E-state index contributed by atoms with van der Waals surface area (Å²) in [6.45, 7) is 4.65. The van der Waals surface area contributed by atoms with Crippen LogP contribution >= 0.6 is 0 Å². The fraction of sp³-hybridized carbons (Fsp3) is 0.190. The van der Waals surface area contributed by atoms with Gasteiger partial charge in [-0.1, -0.05) is 12.1 Å². The number of fused-ring (bicyclic) bond motifs is 1. The summed E-state index contributed by atoms with van der Waals surface area (Å²) in [6.07, 6.45) is 0. The highest BCUT2D eigenvalue weighted by atomic mass is 19.1. The lowest BCUT2D eigenvalue weighted by Crippen LogP contribution is -2.16. The van der Waals surface area contributed by atoms with Gasteiger partial charge >= 0.3 is 0 Å². The van der Waals surface area contributed by atoms with Crippen molar-refractivity contribution in [1.82, 2.24) is 4.57 Å². The van der Waals surface area contributed by atoms with Gasteiger partial charge in [-0.15, -0.1) is 0 Å². The average molecular weight is 366 g/mol. The van der Waals surface area contributed by atoms with Gasteiger partial charge in [0.15, 0.2) is 11.5 Å². The zero-order valence-electron chi connectivity index (χ0n) is 15.1. The normalized spacial score (nSPS) is 12.7. The molecule has 2 heterocycles. The van der Waals surface area contributed by atoms with Crippen LogP contribution in [0.1, 0.15) is 21.7 Å². The molecule has 0 unspecified atom stereocenters. The fourth-order valence-corrected chi connectivity index (χ4v) is 3.32. The van der Waals surface area contributed by atoms with E-state index >= 15 is 0 Å². The minimum atomic E-state index is -0.335. The second-order valence-corrected chi connectivity index (χ2v) is 6.38. The number of anilines is 1. The Bertz CT molecular complexity index is 1030. The molecule has 0 aliphatic carbocycles. The molecular formula is C21H19FN2O3. The van der Waals surface area contributed by atoms with Crippen LogP contribution in [0.4, 0.5) is 10.1 Å². The number of nitrogens with one attached hydrogen (secondary N) is 1. The molecule has 0 radical (unpaired) electrons. The summed E-state index contributed by atoms with van der Waals surface area (Å²) in [5.74, 6) is 0.674. The lowest BCUT2D eigenvalue weighted by Gasteiger charge is -2.19. The van der Waals surface area contributed by atoms with Crippen LogP contribution in [-0.4, -0.2) is 23.7 Å². The number of carbonyl (C=O) groups excluding carboxylic acids is 1. The van der Waals surface area contributed by atoms with Gasteiger partial charge in [0.05, 0.1) is 11.3 Å². The molecule has 0 bridgehead atoms. The van der Waals surface area contributed by atoms with Gasteiger partial charge in [0.2, 0.25) is 0 Å². The third-order valence-corrected chi connectivity index (χ3v) is 4.57. The molecule has 1 N–H and O–H groups in total. The third kappa shape index (κ3) is 3.14. The smallest absolute Gasteiger partial charge is 0.257 e. The van der Waals surface area contributed by atoms with E-state index < -0.39 is 0 Å². The number of hydrogen-bond donors (Lipinski definition) is 1. The first-order valence-corrected chi connectivity index (χ1v) is 8.69. The lowest BCUT2D eigenvalue weighted by molar-refractivity contribution is 0.102. The number of benzene rings is 2. The number of rotatable bonds is 3. The molecule has 3 aromatic rings. The van der Waals surface area contributed by atoms with Crippen molar-refractivity contribution in [3.8, 4) is 17.2 Å². The number of carbonyl (C=O) groups is 1. The number of amides is 1. The molecule has 1 aromatic heterocycles. The summed E-state index contributed by atoms with van der Waals surface area (Å²) in [4.78, 5) is 12.8. The van der Waals surface area contributed by atoms with E-state index in [9.17, 15) is 9.18 Å². The van der Waals surface area contributed by atoms with Crippen LogP contribution in [0.25, 0.3) is 5.69 Å². The average Bonchev–Trinajstić information content (AvgIpc) is 2.96. The maximum Gasteiger partial charge on any atom is 0.257 e. The molecule has 1 aliphatic heterocycles. The Hall–Kier alpha value is -3.28. The van der Waals surface area contributed by atoms with Crippen LogP contribution in [0, 0.1) is 19.7 Å². The zero-order chi connectivity index (χ0) is 19.0. The number of aryl methyl sites for hydroxylation is 1. The number of halogens is 1. The van der Waals surface area contributed by atoms with E-state index in [-0.39, 0.29) is 11.7 Å². The standard InChI is InChI=1S/C21H19FN2O3/c1-13-11-16(14(2)24(13)18-6-4-3-5-17(18)22)21(25)23-15-7-8-19-20(12-15)27-10-9-26-19/h3-8,11-12H,9-10H2,1-2H3,(H,23,25). The van der Waals surface area contributed by atoms with Gasteiger partial charge in [-0.2, -0.15) is 0 Å². The zero-order valence-corrected chi connectivity index (χ0v) is 15.1. The lowest BCUT2D eigenvalue weighted by atomic mass is 10.2. The molecule has 27 heavy (non-hydrogen) atoms. The number of ether oxygens (including phenoxy) is 2. The maximum absolute atomic E-state index is 14.2. The number of aromatic nitrogens is 1. The van der Waals surface area contributed by atoms with E-state index in [2.05, 4.69) is 5.32 Å². The van der Waals surface area contributed by atoms with Gasteiger partial charge in [-0.05, 0) is 44.2 Å². The first kappa shape index (κ1) is 17.1. The van der Waals surface area contributed by atoms with Crippen molar-refractivity contribution in [3.63, 3.8) is 0 Å². The SMILES string of the molecule is Cc1cc(C(=O)Nc2ccc3c(c2)OCCO3)c(C)n1-c1ccccc1F. The minimum absolute atomic E-state index is 0.262. The highest BCUT2D eigenvalue weighted by Gasteiger charge is 2.19. The van der Waals surface area contributed by atoms with E-state index in [0.29, 0.717) is 47.3 Å². The number of hydrogen-bond acceptors (Lipinski definition) is 3. The summed E-state index contributed by atoms with van der Waals surface area (Å²) in [7, 11) is 0. The second kappa shape index (κ2) is 6.79. The van der Waals surface area contributed by atoms with Crippen molar-refractivity contribution < 1.29 is 18.7 Å². The molecule has 1 amide bonds. The molecule has 0 atom stereocenters. The third-order valence-electron chi connectivity index (χ3n) is 4.57. The van der Waals surface area contributed by atoms with Crippen molar-refractivity contribution in [2.75, 3.05) is 18.5 Å². The molecular weight excluding hydrogens is 347 g/mol. The largest absolute Gasteiger partial charge is 0.486 e. The van der Waals surface area contributed by atoms with Gasteiger partial charge in [0, 0.05) is 23.1 Å². The molecule has 2 aromatic carbocycles. The van der Waals surface area contributed by atoms with Crippen molar-refractivity contribution in [2.24, 2.45) is 0 Å². The first-order chi connectivity index (χ1) is 13.0. The molecule has 1 aliphatic rings. The van der Waals surface area contributed by atoms with Gasteiger partial charge in [0.1, 0.15) is 19.0 Å². The molecule has 0 fully saturated rings. The van der Waals surface area contributed by atoms with Gasteiger partial charge in [-0.3, -0.25) is 4.79 Å². The Kier molecular flexibility index (Phi) is 4.32. The van der Waals surface area contributed by atoms with Gasteiger partial charge in [-0.25, -0.2) is 4.39 Å². The number of nitrogens with zero attached hydrogens (tertiary/aromatic N) is 1. The van der Waals surface area contributed by atoms with Gasteiger partial charge < -0.3 is 19.4 Å². The van der Waals surface area contributed by atoms with E-state index in [0.717, 1.165) is 5.69 Å². The summed E-state index contributed by atoms with van der Waals surface area (Å²) in [5.41, 5.74) is 2.98. The quantitative estimate of drug-likeness (QED) is 0.754. The van der Waals surface area contributed by atoms with Crippen molar-refractivity contribution in [3.05, 3.63) is 71.3 Å². The summed E-state index contributed by atoms with van der Waals surface area (Å²) < 4.78 is 27.0. The van der Waals surface area contributed by atoms with Gasteiger partial charge in [0.25, 0.3) is 5.91 Å². The molecule has 0 saturated heterocycles. The van der Waals surface area contributed by atoms with E-state index in [4.69, 9.17) is 9.47 Å². The van der Waals surface area contributed by atoms with Crippen LogP contribution in [0.2, 0.25) is 0 Å². The molecule has 4 rings (SSSR count). The Morgan fingerprint density at radius 3 is 2.56 bits per heavy atom. The molecule has 138 valence electrons. The van der Waals surface area contributed by atoms with Crippen LogP contribution in [0.5, 0.6) is 11.5 Å². The maximum atomic E-state index is 14.2. The van der Waals surface area contributed by atoms with Crippen molar-refractivity contribution >= 4 is 11.6 Å². The summed E-state index contributed by atoms with van der Waals surface area (Å²) in [5, 5.41) is 2.87. The topological polar surface area (TPSA) is 52.5 Å². The first-order valence-electron chi connectivity index (χ1n) is 8.69. The van der Waals surface area contributed by atoms with Crippen LogP contribution in [0.15, 0.2) is 48.5 Å². The Morgan fingerprint density at radius 1 is 1.04 bits per heavy atom. The molecule has 5 nitrogen and oxygen atoms in total. The highest BCUT2D eigenvalue weighted by molar-refractivity contribution is 6.05. The predicted molar refractivity (Wildman–Crippen MR) is 101 cm³/mol. The fourth-order valence-electron chi connectivity index (χ4n) is 3.32. The van der Waals surface area contributed by atoms with E-state index in [1.54, 1.807) is 54.0 Å². The van der Waals surface area contributed by atoms with Crippen LogP contribution in [0.3, 0.4) is 0 Å². The van der Waals surface area contributed by atoms with Crippen molar-refractivity contribution in [1.29, 1.82) is 0 Å². The Balaban J connectivity index is 1.63. The summed E-state index contributed by atoms with van der Waals surface area (Å²) >= 11 is 0. The minimum Gasteiger partial charge on any atom is -0.486 e. The Labute approximate surface area is 156 Å². The van der Waals surface area contributed by atoms with E-state index in [1.165, 1.54) is 6.07 Å².